The first-order valence-corrected chi connectivity index (χ1v) is 6.46. The number of methoxy groups -OCH3 is 1. The van der Waals surface area contributed by atoms with Crippen LogP contribution >= 0.6 is 27.5 Å². The van der Waals surface area contributed by atoms with E-state index in [0.29, 0.717) is 5.75 Å². The van der Waals surface area contributed by atoms with Crippen molar-refractivity contribution < 1.29 is 9.53 Å². The Balaban J connectivity index is 2.85. The summed E-state index contributed by atoms with van der Waals surface area (Å²) in [4.78, 5) is 11.7. The summed E-state index contributed by atoms with van der Waals surface area (Å²) in [6.07, 6.45) is 0. The van der Waals surface area contributed by atoms with Gasteiger partial charge in [-0.1, -0.05) is 6.07 Å². The van der Waals surface area contributed by atoms with Gasteiger partial charge in [-0.05, 0) is 47.5 Å². The summed E-state index contributed by atoms with van der Waals surface area (Å²) >= 11 is 9.45. The summed E-state index contributed by atoms with van der Waals surface area (Å²) in [5.41, 5.74) is 0.734. The lowest BCUT2D eigenvalue weighted by molar-refractivity contribution is -0.121. The first kappa shape index (κ1) is 14.3. The maximum atomic E-state index is 11.7. The Kier molecular flexibility index (Phi) is 5.28. The minimum atomic E-state index is -0.695. The highest BCUT2D eigenvalue weighted by atomic mass is 79.9. The van der Waals surface area contributed by atoms with Gasteiger partial charge in [0.2, 0.25) is 5.91 Å². The van der Waals surface area contributed by atoms with E-state index in [1.54, 1.807) is 25.3 Å². The van der Waals surface area contributed by atoms with E-state index in [2.05, 4.69) is 21.2 Å². The fourth-order valence-corrected chi connectivity index (χ4v) is 2.11. The van der Waals surface area contributed by atoms with E-state index in [1.807, 2.05) is 13.8 Å². The maximum Gasteiger partial charge on any atom is 0.242 e. The summed E-state index contributed by atoms with van der Waals surface area (Å²) in [7, 11) is 1.59. The summed E-state index contributed by atoms with van der Waals surface area (Å²) in [6.45, 7) is 3.79. The number of benzene rings is 1. The molecule has 1 amide bonds. The van der Waals surface area contributed by atoms with Crippen molar-refractivity contribution in [2.75, 3.05) is 7.11 Å². The molecule has 0 saturated carbocycles. The molecule has 1 unspecified atom stereocenters. The smallest absolute Gasteiger partial charge is 0.242 e. The van der Waals surface area contributed by atoms with Crippen LogP contribution in [0.25, 0.3) is 0 Å². The molecule has 1 aromatic rings. The average molecular weight is 321 g/mol. The first-order chi connectivity index (χ1) is 7.95. The Morgan fingerprint density at radius 3 is 2.59 bits per heavy atom. The van der Waals surface area contributed by atoms with E-state index in [4.69, 9.17) is 16.3 Å². The molecular weight excluding hydrogens is 305 g/mol. The minimum Gasteiger partial charge on any atom is -0.496 e. The van der Waals surface area contributed by atoms with Gasteiger partial charge in [0, 0.05) is 6.04 Å². The molecule has 1 rings (SSSR count). The molecule has 5 heteroatoms. The Hall–Kier alpha value is -0.740. The normalized spacial score (nSPS) is 12.4. The molecular formula is C12H15BrClNO2. The van der Waals surface area contributed by atoms with Gasteiger partial charge >= 0.3 is 0 Å². The molecule has 3 nitrogen and oxygen atoms in total. The van der Waals surface area contributed by atoms with Gasteiger partial charge in [-0.3, -0.25) is 4.79 Å². The quantitative estimate of drug-likeness (QED) is 0.865. The van der Waals surface area contributed by atoms with Gasteiger partial charge in [0.05, 0.1) is 11.6 Å². The van der Waals surface area contributed by atoms with Crippen LogP contribution in [0.3, 0.4) is 0 Å². The van der Waals surface area contributed by atoms with Crippen molar-refractivity contribution in [1.82, 2.24) is 5.32 Å². The van der Waals surface area contributed by atoms with Gasteiger partial charge in [-0.2, -0.15) is 0 Å². The van der Waals surface area contributed by atoms with Crippen molar-refractivity contribution in [2.45, 2.75) is 25.3 Å². The number of carbonyl (C=O) groups is 1. The van der Waals surface area contributed by atoms with Gasteiger partial charge in [0.1, 0.15) is 11.1 Å². The van der Waals surface area contributed by atoms with Gasteiger partial charge < -0.3 is 10.1 Å². The molecule has 0 aliphatic rings. The average Bonchev–Trinajstić information content (AvgIpc) is 2.27. The van der Waals surface area contributed by atoms with E-state index in [1.165, 1.54) is 0 Å². The Labute approximate surface area is 115 Å². The Bertz CT molecular complexity index is 409. The number of carbonyl (C=O) groups excluding carboxylic acids is 1. The molecule has 17 heavy (non-hydrogen) atoms. The lowest BCUT2D eigenvalue weighted by Crippen LogP contribution is -2.32. The molecule has 0 fully saturated rings. The van der Waals surface area contributed by atoms with Gasteiger partial charge in [-0.25, -0.2) is 0 Å². The zero-order valence-electron chi connectivity index (χ0n) is 9.96. The van der Waals surface area contributed by atoms with Gasteiger partial charge in [0.25, 0.3) is 0 Å². The lowest BCUT2D eigenvalue weighted by Gasteiger charge is -2.14. The van der Waals surface area contributed by atoms with Crippen molar-refractivity contribution in [3.63, 3.8) is 0 Å². The van der Waals surface area contributed by atoms with Crippen LogP contribution in [0.5, 0.6) is 5.75 Å². The van der Waals surface area contributed by atoms with Crippen LogP contribution in [-0.2, 0) is 4.79 Å². The van der Waals surface area contributed by atoms with Crippen molar-refractivity contribution in [3.05, 3.63) is 28.2 Å². The number of halogens is 2. The van der Waals surface area contributed by atoms with Crippen molar-refractivity contribution in [1.29, 1.82) is 0 Å². The fourth-order valence-electron chi connectivity index (χ4n) is 1.35. The van der Waals surface area contributed by atoms with Crippen LogP contribution < -0.4 is 10.1 Å². The largest absolute Gasteiger partial charge is 0.496 e. The van der Waals surface area contributed by atoms with Crippen LogP contribution in [0.15, 0.2) is 22.7 Å². The molecule has 0 aliphatic carbocycles. The van der Waals surface area contributed by atoms with Crippen LogP contribution in [0.2, 0.25) is 0 Å². The van der Waals surface area contributed by atoms with Gasteiger partial charge in [-0.15, -0.1) is 11.6 Å². The molecule has 0 spiro atoms. The number of ether oxygens (including phenoxy) is 1. The SMILES string of the molecule is COc1ccc(C(Cl)C(=O)NC(C)C)cc1Br. The second-order valence-corrected chi connectivity index (χ2v) is 5.21. The van der Waals surface area contributed by atoms with Gasteiger partial charge in [0.15, 0.2) is 0 Å². The third-order valence-electron chi connectivity index (χ3n) is 2.13. The van der Waals surface area contributed by atoms with Crippen molar-refractivity contribution >= 4 is 33.4 Å². The predicted octanol–water partition coefficient (Wildman–Crippen LogP) is 3.26. The first-order valence-electron chi connectivity index (χ1n) is 5.23. The highest BCUT2D eigenvalue weighted by Crippen LogP contribution is 2.30. The molecule has 0 bridgehead atoms. The summed E-state index contributed by atoms with van der Waals surface area (Å²) in [5.74, 6) is 0.514. The van der Waals surface area contributed by atoms with E-state index in [-0.39, 0.29) is 11.9 Å². The third kappa shape index (κ3) is 3.89. The van der Waals surface area contributed by atoms with Crippen LogP contribution in [0.1, 0.15) is 24.8 Å². The number of rotatable bonds is 4. The number of alkyl halides is 1. The summed E-state index contributed by atoms with van der Waals surface area (Å²) in [5, 5.41) is 2.08. The maximum absolute atomic E-state index is 11.7. The van der Waals surface area contributed by atoms with Crippen molar-refractivity contribution in [3.8, 4) is 5.75 Å². The zero-order valence-corrected chi connectivity index (χ0v) is 12.3. The molecule has 0 saturated heterocycles. The monoisotopic (exact) mass is 319 g/mol. The molecule has 0 heterocycles. The highest BCUT2D eigenvalue weighted by Gasteiger charge is 2.19. The second kappa shape index (κ2) is 6.26. The zero-order chi connectivity index (χ0) is 13.0. The van der Waals surface area contributed by atoms with Crippen LogP contribution in [0.4, 0.5) is 0 Å². The number of nitrogens with one attached hydrogen (secondary N) is 1. The number of hydrogen-bond acceptors (Lipinski definition) is 2. The molecule has 1 N–H and O–H groups in total. The summed E-state index contributed by atoms with van der Waals surface area (Å²) < 4.78 is 5.89. The molecule has 1 aromatic carbocycles. The lowest BCUT2D eigenvalue weighted by atomic mass is 10.1. The van der Waals surface area contributed by atoms with Crippen LogP contribution in [0, 0.1) is 0 Å². The summed E-state index contributed by atoms with van der Waals surface area (Å²) in [6, 6.07) is 5.42. The topological polar surface area (TPSA) is 38.3 Å². The minimum absolute atomic E-state index is 0.0745. The Morgan fingerprint density at radius 1 is 1.47 bits per heavy atom. The third-order valence-corrected chi connectivity index (χ3v) is 3.20. The number of amides is 1. The molecule has 1 atom stereocenters. The molecule has 0 radical (unpaired) electrons. The predicted molar refractivity (Wildman–Crippen MR) is 72.6 cm³/mol. The fraction of sp³-hybridized carbons (Fsp3) is 0.417. The standard InChI is InChI=1S/C12H15BrClNO2/c1-7(2)15-12(16)11(14)8-4-5-10(17-3)9(13)6-8/h4-7,11H,1-3H3,(H,15,16). The number of hydrogen-bond donors (Lipinski definition) is 1. The van der Waals surface area contributed by atoms with E-state index < -0.39 is 5.38 Å². The second-order valence-electron chi connectivity index (χ2n) is 3.92. The highest BCUT2D eigenvalue weighted by molar-refractivity contribution is 9.10. The molecule has 0 aromatic heterocycles. The van der Waals surface area contributed by atoms with Crippen LogP contribution in [-0.4, -0.2) is 19.1 Å². The van der Waals surface area contributed by atoms with E-state index in [0.717, 1.165) is 10.0 Å². The van der Waals surface area contributed by atoms with E-state index >= 15 is 0 Å². The Morgan fingerprint density at radius 2 is 2.12 bits per heavy atom. The van der Waals surface area contributed by atoms with Crippen molar-refractivity contribution in [2.24, 2.45) is 0 Å². The molecule has 0 aliphatic heterocycles. The molecule has 94 valence electrons. The van der Waals surface area contributed by atoms with E-state index in [9.17, 15) is 4.79 Å².